The maximum absolute atomic E-state index is 11.3. The van der Waals surface area contributed by atoms with Crippen LogP contribution in [-0.4, -0.2) is 20.9 Å². The van der Waals surface area contributed by atoms with Gasteiger partial charge in [-0.3, -0.25) is 4.68 Å². The first kappa shape index (κ1) is 12.7. The molecule has 1 aliphatic carbocycles. The Balaban J connectivity index is 2.04. The van der Waals surface area contributed by atoms with Crippen molar-refractivity contribution >= 4 is 28.9 Å². The van der Waals surface area contributed by atoms with Crippen molar-refractivity contribution in [3.63, 3.8) is 0 Å². The normalized spacial score (nSPS) is 16.1. The van der Waals surface area contributed by atoms with Crippen LogP contribution in [0.1, 0.15) is 42.1 Å². The summed E-state index contributed by atoms with van der Waals surface area (Å²) in [6.07, 6.45) is 6.17. The van der Waals surface area contributed by atoms with E-state index in [4.69, 9.17) is 11.6 Å². The number of aromatic carboxylic acids is 1. The van der Waals surface area contributed by atoms with E-state index in [1.807, 2.05) is 10.1 Å². The molecule has 0 amide bonds. The van der Waals surface area contributed by atoms with E-state index in [2.05, 4.69) is 5.10 Å². The van der Waals surface area contributed by atoms with Crippen LogP contribution in [0, 0.1) is 0 Å². The van der Waals surface area contributed by atoms with Crippen LogP contribution in [0.5, 0.6) is 0 Å². The SMILES string of the molecule is O=C(O)c1cn(C2CCCC2)nc1-c1csc(Cl)c1. The number of rotatable bonds is 3. The molecule has 0 atom stereocenters. The topological polar surface area (TPSA) is 55.1 Å². The molecule has 19 heavy (non-hydrogen) atoms. The third kappa shape index (κ3) is 2.40. The molecule has 100 valence electrons. The van der Waals surface area contributed by atoms with E-state index in [1.165, 1.54) is 24.2 Å². The minimum Gasteiger partial charge on any atom is -0.478 e. The summed E-state index contributed by atoms with van der Waals surface area (Å²) in [6.45, 7) is 0. The lowest BCUT2D eigenvalue weighted by atomic mass is 10.1. The molecule has 0 aliphatic heterocycles. The summed E-state index contributed by atoms with van der Waals surface area (Å²) in [7, 11) is 0. The average Bonchev–Trinajstić information content (AvgIpc) is 3.07. The Morgan fingerprint density at radius 3 is 2.79 bits per heavy atom. The van der Waals surface area contributed by atoms with Gasteiger partial charge < -0.3 is 5.11 Å². The Labute approximate surface area is 119 Å². The summed E-state index contributed by atoms with van der Waals surface area (Å²) in [6, 6.07) is 2.10. The van der Waals surface area contributed by atoms with Gasteiger partial charge in [0.25, 0.3) is 0 Å². The van der Waals surface area contributed by atoms with Gasteiger partial charge in [-0.1, -0.05) is 24.4 Å². The van der Waals surface area contributed by atoms with E-state index in [9.17, 15) is 9.90 Å². The molecule has 0 unspecified atom stereocenters. The van der Waals surface area contributed by atoms with Crippen LogP contribution in [-0.2, 0) is 0 Å². The van der Waals surface area contributed by atoms with Crippen molar-refractivity contribution in [2.24, 2.45) is 0 Å². The van der Waals surface area contributed by atoms with Gasteiger partial charge in [0.1, 0.15) is 11.3 Å². The lowest BCUT2D eigenvalue weighted by molar-refractivity contribution is 0.0697. The van der Waals surface area contributed by atoms with Crippen LogP contribution in [0.2, 0.25) is 4.34 Å². The van der Waals surface area contributed by atoms with Gasteiger partial charge in [-0.15, -0.1) is 11.3 Å². The van der Waals surface area contributed by atoms with Crippen LogP contribution in [0.25, 0.3) is 11.3 Å². The number of carbonyl (C=O) groups is 1. The number of thiophene rings is 1. The molecule has 2 aromatic rings. The van der Waals surface area contributed by atoms with E-state index in [1.54, 1.807) is 12.3 Å². The van der Waals surface area contributed by atoms with Gasteiger partial charge in [0.2, 0.25) is 0 Å². The second-order valence-electron chi connectivity index (χ2n) is 4.75. The zero-order valence-electron chi connectivity index (χ0n) is 10.2. The molecular formula is C13H13ClN2O2S. The van der Waals surface area contributed by atoms with Crippen molar-refractivity contribution in [2.75, 3.05) is 0 Å². The van der Waals surface area contributed by atoms with Gasteiger partial charge in [0.05, 0.1) is 10.4 Å². The maximum atomic E-state index is 11.3. The first-order valence-electron chi connectivity index (χ1n) is 6.22. The molecule has 1 aliphatic rings. The molecule has 0 bridgehead atoms. The highest BCUT2D eigenvalue weighted by atomic mass is 35.5. The smallest absolute Gasteiger partial charge is 0.339 e. The molecule has 3 rings (SSSR count). The third-order valence-corrected chi connectivity index (χ3v) is 4.59. The second-order valence-corrected chi connectivity index (χ2v) is 6.30. The van der Waals surface area contributed by atoms with E-state index in [-0.39, 0.29) is 5.56 Å². The van der Waals surface area contributed by atoms with Gasteiger partial charge in [-0.2, -0.15) is 5.10 Å². The van der Waals surface area contributed by atoms with Crippen molar-refractivity contribution in [1.82, 2.24) is 9.78 Å². The zero-order valence-corrected chi connectivity index (χ0v) is 11.7. The fraction of sp³-hybridized carbons (Fsp3) is 0.385. The Bertz CT molecular complexity index is 614. The van der Waals surface area contributed by atoms with Crippen LogP contribution in [0.15, 0.2) is 17.6 Å². The molecule has 0 radical (unpaired) electrons. The molecule has 1 fully saturated rings. The molecule has 0 saturated heterocycles. The number of hydrogen-bond donors (Lipinski definition) is 1. The second kappa shape index (κ2) is 4.98. The highest BCUT2D eigenvalue weighted by Gasteiger charge is 2.23. The summed E-state index contributed by atoms with van der Waals surface area (Å²) >= 11 is 7.30. The van der Waals surface area contributed by atoms with Gasteiger partial charge in [0, 0.05) is 17.1 Å². The van der Waals surface area contributed by atoms with E-state index < -0.39 is 5.97 Å². The molecule has 1 N–H and O–H groups in total. The molecular weight excluding hydrogens is 284 g/mol. The summed E-state index contributed by atoms with van der Waals surface area (Å²) in [5.41, 5.74) is 1.55. The Morgan fingerprint density at radius 1 is 1.47 bits per heavy atom. The third-order valence-electron chi connectivity index (χ3n) is 3.50. The number of aromatic nitrogens is 2. The molecule has 2 heterocycles. The number of nitrogens with zero attached hydrogens (tertiary/aromatic N) is 2. The van der Waals surface area contributed by atoms with Crippen molar-refractivity contribution < 1.29 is 9.90 Å². The van der Waals surface area contributed by atoms with Crippen molar-refractivity contribution in [3.05, 3.63) is 27.5 Å². The van der Waals surface area contributed by atoms with E-state index in [0.29, 0.717) is 16.1 Å². The molecule has 1 saturated carbocycles. The van der Waals surface area contributed by atoms with Crippen LogP contribution < -0.4 is 0 Å². The molecule has 2 aromatic heterocycles. The van der Waals surface area contributed by atoms with Crippen molar-refractivity contribution in [3.8, 4) is 11.3 Å². The quantitative estimate of drug-likeness (QED) is 0.928. The average molecular weight is 297 g/mol. The maximum Gasteiger partial charge on any atom is 0.339 e. The molecule has 4 nitrogen and oxygen atoms in total. The monoisotopic (exact) mass is 296 g/mol. The van der Waals surface area contributed by atoms with E-state index in [0.717, 1.165) is 18.4 Å². The van der Waals surface area contributed by atoms with Crippen molar-refractivity contribution in [1.29, 1.82) is 0 Å². The molecule has 6 heteroatoms. The standard InChI is InChI=1S/C13H13ClN2O2S/c14-11-5-8(7-19-11)12-10(13(17)18)6-16(15-12)9-3-1-2-4-9/h5-7,9H,1-4H2,(H,17,18). The van der Waals surface area contributed by atoms with Crippen LogP contribution >= 0.6 is 22.9 Å². The Kier molecular flexibility index (Phi) is 3.33. The highest BCUT2D eigenvalue weighted by molar-refractivity contribution is 7.14. The first-order valence-corrected chi connectivity index (χ1v) is 7.48. The van der Waals surface area contributed by atoms with Gasteiger partial charge in [-0.05, 0) is 18.9 Å². The largest absolute Gasteiger partial charge is 0.478 e. The zero-order chi connectivity index (χ0) is 13.4. The number of hydrogen-bond acceptors (Lipinski definition) is 3. The van der Waals surface area contributed by atoms with Crippen molar-refractivity contribution in [2.45, 2.75) is 31.7 Å². The van der Waals surface area contributed by atoms with Gasteiger partial charge >= 0.3 is 5.97 Å². The lowest BCUT2D eigenvalue weighted by Gasteiger charge is -2.08. The number of carboxylic acids is 1. The van der Waals surface area contributed by atoms with Gasteiger partial charge in [0.15, 0.2) is 0 Å². The summed E-state index contributed by atoms with van der Waals surface area (Å²) < 4.78 is 2.46. The minimum atomic E-state index is -0.943. The predicted molar refractivity (Wildman–Crippen MR) is 75.0 cm³/mol. The summed E-state index contributed by atoms with van der Waals surface area (Å²) in [5.74, 6) is -0.943. The van der Waals surface area contributed by atoms with Crippen LogP contribution in [0.3, 0.4) is 0 Å². The highest BCUT2D eigenvalue weighted by Crippen LogP contribution is 2.33. The fourth-order valence-electron chi connectivity index (χ4n) is 2.55. The van der Waals surface area contributed by atoms with Crippen LogP contribution in [0.4, 0.5) is 0 Å². The first-order chi connectivity index (χ1) is 9.15. The van der Waals surface area contributed by atoms with Gasteiger partial charge in [-0.25, -0.2) is 4.79 Å². The molecule has 0 aromatic carbocycles. The number of carboxylic acid groups (broad SMARTS) is 1. The summed E-state index contributed by atoms with van der Waals surface area (Å²) in [4.78, 5) is 11.3. The summed E-state index contributed by atoms with van der Waals surface area (Å²) in [5, 5.41) is 15.6. The Hall–Kier alpha value is -1.33. The predicted octanol–water partition coefficient (Wildman–Crippen LogP) is 4.08. The number of halogens is 1. The minimum absolute atomic E-state index is 0.251. The van der Waals surface area contributed by atoms with E-state index >= 15 is 0 Å². The lowest BCUT2D eigenvalue weighted by Crippen LogP contribution is -2.05. The molecule has 0 spiro atoms. The Morgan fingerprint density at radius 2 is 2.21 bits per heavy atom. The fourth-order valence-corrected chi connectivity index (χ4v) is 3.42.